The number of carboxylic acids is 1. The number of aliphatic carboxylic acids is 1. The number of imidazole rings is 1. The largest absolute Gasteiger partial charge is 0.480 e. The Balaban J connectivity index is 2.21. The third kappa shape index (κ3) is 10.6. The van der Waals surface area contributed by atoms with Gasteiger partial charge in [0, 0.05) is 31.2 Å². The molecule has 15 heteroatoms. The van der Waals surface area contributed by atoms with Crippen molar-refractivity contribution in [1.29, 1.82) is 0 Å². The summed E-state index contributed by atoms with van der Waals surface area (Å²) >= 11 is 0. The molecule has 0 aliphatic heterocycles. The first kappa shape index (κ1) is 30.4. The van der Waals surface area contributed by atoms with Crippen LogP contribution in [0.1, 0.15) is 30.5 Å². The molecule has 1 heterocycles. The summed E-state index contributed by atoms with van der Waals surface area (Å²) in [6, 6.07) is 3.24. The van der Waals surface area contributed by atoms with E-state index < -0.39 is 66.1 Å². The van der Waals surface area contributed by atoms with E-state index in [1.807, 2.05) is 0 Å². The monoisotopic (exact) mass is 544 g/mol. The second-order valence-electron chi connectivity index (χ2n) is 8.77. The molecule has 0 spiro atoms. The lowest BCUT2D eigenvalue weighted by atomic mass is 10.0. The Hall–Kier alpha value is -4.79. The molecule has 15 nitrogen and oxygen atoms in total. The molecule has 0 aliphatic rings. The van der Waals surface area contributed by atoms with E-state index >= 15 is 0 Å². The van der Waals surface area contributed by atoms with E-state index in [9.17, 15) is 33.9 Å². The summed E-state index contributed by atoms with van der Waals surface area (Å²) in [6.07, 6.45) is 1.75. The van der Waals surface area contributed by atoms with Gasteiger partial charge in [0.15, 0.2) is 0 Å². The Bertz CT molecular complexity index is 1160. The molecule has 1 aromatic heterocycles. The maximum atomic E-state index is 13.2. The first-order valence-corrected chi connectivity index (χ1v) is 11.9. The number of carbonyl (C=O) groups is 6. The second kappa shape index (κ2) is 14.8. The van der Waals surface area contributed by atoms with Crippen molar-refractivity contribution in [2.75, 3.05) is 0 Å². The van der Waals surface area contributed by atoms with E-state index in [4.69, 9.17) is 17.2 Å². The molecule has 1 aromatic carbocycles. The summed E-state index contributed by atoms with van der Waals surface area (Å²) in [6.45, 7) is 0. The summed E-state index contributed by atoms with van der Waals surface area (Å²) in [4.78, 5) is 79.7. The number of benzene rings is 1. The van der Waals surface area contributed by atoms with E-state index in [0.29, 0.717) is 11.3 Å². The molecule has 2 aromatic rings. The van der Waals surface area contributed by atoms with Crippen molar-refractivity contribution >= 4 is 35.5 Å². The number of H-pyrrole nitrogens is 1. The van der Waals surface area contributed by atoms with Gasteiger partial charge in [-0.05, 0) is 12.0 Å². The molecule has 5 amide bonds. The lowest BCUT2D eigenvalue weighted by Gasteiger charge is -2.25. The van der Waals surface area contributed by atoms with E-state index in [1.54, 1.807) is 30.3 Å². The van der Waals surface area contributed by atoms with Gasteiger partial charge in [0.25, 0.3) is 0 Å². The normalized spacial score (nSPS) is 13.8. The lowest BCUT2D eigenvalue weighted by molar-refractivity contribution is -0.142. The Kier molecular flexibility index (Phi) is 11.6. The Labute approximate surface area is 223 Å². The van der Waals surface area contributed by atoms with Gasteiger partial charge in [-0.15, -0.1) is 0 Å². The molecule has 2 rings (SSSR count). The van der Waals surface area contributed by atoms with Crippen molar-refractivity contribution in [3.8, 4) is 0 Å². The molecule has 11 N–H and O–H groups in total. The fourth-order valence-electron chi connectivity index (χ4n) is 3.54. The third-order valence-corrected chi connectivity index (χ3v) is 5.59. The SMILES string of the molecule is NC(=O)CCC(N)C(=O)NC(CC(N)=O)C(=O)NC(Cc1ccccc1)C(=O)NC(Cc1cnc[nH]1)C(=O)O. The highest BCUT2D eigenvalue weighted by Gasteiger charge is 2.31. The number of rotatable bonds is 16. The predicted molar refractivity (Wildman–Crippen MR) is 136 cm³/mol. The van der Waals surface area contributed by atoms with Crippen molar-refractivity contribution in [2.24, 2.45) is 17.2 Å². The maximum Gasteiger partial charge on any atom is 0.326 e. The van der Waals surface area contributed by atoms with Gasteiger partial charge in [0.05, 0.1) is 18.8 Å². The van der Waals surface area contributed by atoms with Crippen LogP contribution in [-0.2, 0) is 41.6 Å². The number of hydrogen-bond acceptors (Lipinski definition) is 8. The molecule has 4 atom stereocenters. The molecule has 0 bridgehead atoms. The van der Waals surface area contributed by atoms with Crippen LogP contribution in [0.3, 0.4) is 0 Å². The van der Waals surface area contributed by atoms with Crippen LogP contribution in [0.5, 0.6) is 0 Å². The van der Waals surface area contributed by atoms with E-state index in [2.05, 4.69) is 25.9 Å². The summed E-state index contributed by atoms with van der Waals surface area (Å²) < 4.78 is 0. The van der Waals surface area contributed by atoms with Gasteiger partial charge in [0.1, 0.15) is 18.1 Å². The minimum absolute atomic E-state index is 0.0375. The Morgan fingerprint density at radius 3 is 2.03 bits per heavy atom. The number of nitrogens with two attached hydrogens (primary N) is 3. The van der Waals surface area contributed by atoms with Crippen molar-refractivity contribution in [2.45, 2.75) is 56.3 Å². The van der Waals surface area contributed by atoms with Crippen LogP contribution in [0.25, 0.3) is 0 Å². The summed E-state index contributed by atoms with van der Waals surface area (Å²) in [5.74, 6) is -5.50. The highest BCUT2D eigenvalue weighted by molar-refractivity contribution is 5.96. The standard InChI is InChI=1S/C24H32N8O7/c25-15(6-7-19(26)33)21(35)30-17(10-20(27)34)23(37)31-16(8-13-4-2-1-3-5-13)22(36)32-18(24(38)39)9-14-11-28-12-29-14/h1-5,11-12,15-18H,6-10,25H2,(H2,26,33)(H2,27,34)(H,28,29)(H,30,35)(H,31,37)(H,32,36)(H,38,39). The van der Waals surface area contributed by atoms with Gasteiger partial charge >= 0.3 is 5.97 Å². The smallest absolute Gasteiger partial charge is 0.326 e. The molecule has 0 aliphatic carbocycles. The summed E-state index contributed by atoms with van der Waals surface area (Å²) in [5.41, 5.74) is 17.1. The number of aromatic nitrogens is 2. The van der Waals surface area contributed by atoms with Gasteiger partial charge in [-0.2, -0.15) is 0 Å². The Morgan fingerprint density at radius 1 is 0.846 bits per heavy atom. The van der Waals surface area contributed by atoms with Crippen LogP contribution in [-0.4, -0.2) is 74.7 Å². The zero-order valence-electron chi connectivity index (χ0n) is 21.0. The molecule has 0 radical (unpaired) electrons. The van der Waals surface area contributed by atoms with Gasteiger partial charge in [0.2, 0.25) is 29.5 Å². The molecule has 210 valence electrons. The average Bonchev–Trinajstić information content (AvgIpc) is 3.39. The van der Waals surface area contributed by atoms with Gasteiger partial charge in [-0.25, -0.2) is 9.78 Å². The lowest BCUT2D eigenvalue weighted by Crippen LogP contribution is -2.58. The topological polar surface area (TPSA) is 265 Å². The number of nitrogens with zero attached hydrogens (tertiary/aromatic N) is 1. The number of nitrogens with one attached hydrogen (secondary N) is 4. The van der Waals surface area contributed by atoms with E-state index in [1.165, 1.54) is 12.5 Å². The first-order chi connectivity index (χ1) is 18.5. The van der Waals surface area contributed by atoms with Gasteiger partial charge in [-0.3, -0.25) is 24.0 Å². The molecular formula is C24H32N8O7. The number of primary amides is 2. The van der Waals surface area contributed by atoms with Crippen LogP contribution in [0.4, 0.5) is 0 Å². The third-order valence-electron chi connectivity index (χ3n) is 5.59. The molecule has 39 heavy (non-hydrogen) atoms. The predicted octanol–water partition coefficient (Wildman–Crippen LogP) is -2.80. The maximum absolute atomic E-state index is 13.2. The zero-order chi connectivity index (χ0) is 28.9. The first-order valence-electron chi connectivity index (χ1n) is 11.9. The summed E-state index contributed by atoms with van der Waals surface area (Å²) in [5, 5.41) is 16.8. The van der Waals surface area contributed by atoms with Crippen LogP contribution in [0, 0.1) is 0 Å². The minimum Gasteiger partial charge on any atom is -0.480 e. The average molecular weight is 545 g/mol. The van der Waals surface area contributed by atoms with Crippen molar-refractivity contribution in [1.82, 2.24) is 25.9 Å². The highest BCUT2D eigenvalue weighted by atomic mass is 16.4. The quantitative estimate of drug-likeness (QED) is 0.108. The molecular weight excluding hydrogens is 512 g/mol. The number of aromatic amines is 1. The van der Waals surface area contributed by atoms with Crippen LogP contribution >= 0.6 is 0 Å². The van der Waals surface area contributed by atoms with Crippen LogP contribution < -0.4 is 33.2 Å². The fraction of sp³-hybridized carbons (Fsp3) is 0.375. The number of carbonyl (C=O) groups excluding carboxylic acids is 5. The summed E-state index contributed by atoms with van der Waals surface area (Å²) in [7, 11) is 0. The minimum atomic E-state index is -1.50. The van der Waals surface area contributed by atoms with E-state index in [-0.39, 0.29) is 25.7 Å². The van der Waals surface area contributed by atoms with Crippen LogP contribution in [0.15, 0.2) is 42.9 Å². The number of carboxylic acid groups (broad SMARTS) is 1. The fourth-order valence-corrected chi connectivity index (χ4v) is 3.54. The van der Waals surface area contributed by atoms with Crippen molar-refractivity contribution in [3.63, 3.8) is 0 Å². The second-order valence-corrected chi connectivity index (χ2v) is 8.77. The van der Waals surface area contributed by atoms with Gasteiger partial charge in [-0.1, -0.05) is 30.3 Å². The molecule has 0 saturated carbocycles. The van der Waals surface area contributed by atoms with Crippen molar-refractivity contribution in [3.05, 3.63) is 54.1 Å². The number of hydrogen-bond donors (Lipinski definition) is 8. The van der Waals surface area contributed by atoms with Crippen molar-refractivity contribution < 1.29 is 33.9 Å². The highest BCUT2D eigenvalue weighted by Crippen LogP contribution is 2.07. The number of amides is 5. The zero-order valence-corrected chi connectivity index (χ0v) is 21.0. The molecule has 4 unspecified atom stereocenters. The van der Waals surface area contributed by atoms with E-state index in [0.717, 1.165) is 0 Å². The Morgan fingerprint density at radius 2 is 1.46 bits per heavy atom. The van der Waals surface area contributed by atoms with Gasteiger partial charge < -0.3 is 43.2 Å². The molecule has 0 fully saturated rings. The van der Waals surface area contributed by atoms with Crippen LogP contribution in [0.2, 0.25) is 0 Å². The molecule has 0 saturated heterocycles.